The molecule has 162 valence electrons. The van der Waals surface area contributed by atoms with E-state index in [9.17, 15) is 18.0 Å². The first-order chi connectivity index (χ1) is 14.3. The number of anilines is 1. The van der Waals surface area contributed by atoms with Crippen LogP contribution in [0.15, 0.2) is 36.5 Å². The number of carbonyl (C=O) groups is 1. The second-order valence-electron chi connectivity index (χ2n) is 6.62. The number of hydrogen-bond acceptors (Lipinski definition) is 6. The molecule has 1 aliphatic rings. The Bertz CT molecular complexity index is 867. The second-order valence-corrected chi connectivity index (χ2v) is 6.62. The number of aliphatic hydroxyl groups excluding tert-OH is 1. The van der Waals surface area contributed by atoms with Crippen molar-refractivity contribution in [1.82, 2.24) is 9.88 Å². The van der Waals surface area contributed by atoms with Crippen molar-refractivity contribution in [1.29, 1.82) is 0 Å². The third-order valence-electron chi connectivity index (χ3n) is 4.73. The molecule has 0 unspecified atom stereocenters. The van der Waals surface area contributed by atoms with E-state index in [1.54, 1.807) is 23.1 Å². The van der Waals surface area contributed by atoms with Crippen molar-refractivity contribution in [3.63, 3.8) is 0 Å². The van der Waals surface area contributed by atoms with E-state index in [1.807, 2.05) is 4.90 Å². The minimum absolute atomic E-state index is 0.0762. The van der Waals surface area contributed by atoms with Crippen LogP contribution in [0.1, 0.15) is 15.9 Å². The molecule has 1 amide bonds. The number of aromatic nitrogens is 1. The zero-order valence-electron chi connectivity index (χ0n) is 16.4. The second kappa shape index (κ2) is 9.21. The topological polar surface area (TPSA) is 75.1 Å². The lowest BCUT2D eigenvalue weighted by Crippen LogP contribution is -2.49. The van der Waals surface area contributed by atoms with E-state index >= 15 is 0 Å². The fourth-order valence-corrected chi connectivity index (χ4v) is 3.14. The summed E-state index contributed by atoms with van der Waals surface area (Å²) < 4.78 is 48.7. The molecule has 1 N–H and O–H groups in total. The molecule has 0 radical (unpaired) electrons. The quantitative estimate of drug-likeness (QED) is 0.767. The Balaban J connectivity index is 1.64. The van der Waals surface area contributed by atoms with Gasteiger partial charge < -0.3 is 24.4 Å². The number of alkyl halides is 3. The molecule has 2 heterocycles. The molecule has 0 spiro atoms. The molecule has 0 saturated carbocycles. The van der Waals surface area contributed by atoms with Crippen molar-refractivity contribution in [3.05, 3.63) is 47.7 Å². The first kappa shape index (κ1) is 21.7. The maximum absolute atomic E-state index is 12.8. The van der Waals surface area contributed by atoms with Gasteiger partial charge in [0.25, 0.3) is 5.91 Å². The minimum Gasteiger partial charge on any atom is -0.493 e. The standard InChI is InChI=1S/C20H22F3N3O4/c1-29-16-4-2-14(12-17(16)30-11-10-27)19(28)26-8-6-25(7-9-26)18-5-3-15(13-24-18)20(21,22)23/h2-5,12-13,27H,6-11H2,1H3. The van der Waals surface area contributed by atoms with E-state index in [2.05, 4.69) is 4.98 Å². The Hall–Kier alpha value is -3.01. The largest absolute Gasteiger partial charge is 0.493 e. The normalized spacial score (nSPS) is 14.6. The van der Waals surface area contributed by atoms with Crippen LogP contribution in [0.25, 0.3) is 0 Å². The summed E-state index contributed by atoms with van der Waals surface area (Å²) in [6, 6.07) is 7.18. The van der Waals surface area contributed by atoms with Gasteiger partial charge in [0, 0.05) is 37.9 Å². The maximum Gasteiger partial charge on any atom is 0.417 e. The number of pyridine rings is 1. The van der Waals surface area contributed by atoms with Crippen molar-refractivity contribution >= 4 is 11.7 Å². The van der Waals surface area contributed by atoms with E-state index < -0.39 is 11.7 Å². The molecule has 3 rings (SSSR count). The SMILES string of the molecule is COc1ccc(C(=O)N2CCN(c3ccc(C(F)(F)F)cn3)CC2)cc1OCCO. The molecule has 1 fully saturated rings. The van der Waals surface area contributed by atoms with Gasteiger partial charge in [-0.15, -0.1) is 0 Å². The van der Waals surface area contributed by atoms with Crippen molar-refractivity contribution in [2.24, 2.45) is 0 Å². The number of methoxy groups -OCH3 is 1. The van der Waals surface area contributed by atoms with Crippen molar-refractivity contribution in [3.8, 4) is 11.5 Å². The van der Waals surface area contributed by atoms with Gasteiger partial charge in [-0.1, -0.05) is 0 Å². The van der Waals surface area contributed by atoms with Gasteiger partial charge >= 0.3 is 6.18 Å². The van der Waals surface area contributed by atoms with E-state index in [-0.39, 0.29) is 19.1 Å². The molecule has 10 heteroatoms. The third-order valence-corrected chi connectivity index (χ3v) is 4.73. The number of carbonyl (C=O) groups excluding carboxylic acids is 1. The van der Waals surface area contributed by atoms with Crippen LogP contribution in [0.5, 0.6) is 11.5 Å². The first-order valence-corrected chi connectivity index (χ1v) is 9.32. The summed E-state index contributed by atoms with van der Waals surface area (Å²) in [5, 5.41) is 8.94. The van der Waals surface area contributed by atoms with Gasteiger partial charge in [-0.3, -0.25) is 4.79 Å². The fraction of sp³-hybridized carbons (Fsp3) is 0.400. The monoisotopic (exact) mass is 425 g/mol. The highest BCUT2D eigenvalue weighted by atomic mass is 19.4. The zero-order chi connectivity index (χ0) is 21.7. The molecule has 0 atom stereocenters. The average molecular weight is 425 g/mol. The lowest BCUT2D eigenvalue weighted by atomic mass is 10.1. The lowest BCUT2D eigenvalue weighted by Gasteiger charge is -2.35. The van der Waals surface area contributed by atoms with E-state index in [0.717, 1.165) is 12.3 Å². The predicted octanol–water partition coefficient (Wildman–Crippen LogP) is 2.44. The Morgan fingerprint density at radius 1 is 1.13 bits per heavy atom. The first-order valence-electron chi connectivity index (χ1n) is 9.32. The molecule has 7 nitrogen and oxygen atoms in total. The van der Waals surface area contributed by atoms with Crippen LogP contribution in [0.3, 0.4) is 0 Å². The lowest BCUT2D eigenvalue weighted by molar-refractivity contribution is -0.137. The summed E-state index contributed by atoms with van der Waals surface area (Å²) in [4.78, 5) is 20.3. The van der Waals surface area contributed by atoms with Gasteiger partial charge in [-0.25, -0.2) is 4.98 Å². The molecule has 0 aliphatic carbocycles. The third kappa shape index (κ3) is 4.93. The summed E-state index contributed by atoms with van der Waals surface area (Å²) in [6.45, 7) is 1.62. The molecule has 2 aromatic rings. The number of aliphatic hydroxyl groups is 1. The maximum atomic E-state index is 12.8. The number of benzene rings is 1. The summed E-state index contributed by atoms with van der Waals surface area (Å²) in [5.41, 5.74) is -0.372. The fourth-order valence-electron chi connectivity index (χ4n) is 3.14. The van der Waals surface area contributed by atoms with Crippen LogP contribution in [0, 0.1) is 0 Å². The Morgan fingerprint density at radius 2 is 1.87 bits per heavy atom. The summed E-state index contributed by atoms with van der Waals surface area (Å²) in [5.74, 6) is 1.08. The minimum atomic E-state index is -4.42. The van der Waals surface area contributed by atoms with Gasteiger partial charge in [0.05, 0.1) is 19.3 Å². The molecule has 1 saturated heterocycles. The van der Waals surface area contributed by atoms with E-state index in [0.29, 0.717) is 49.1 Å². The van der Waals surface area contributed by atoms with Gasteiger partial charge in [0.1, 0.15) is 12.4 Å². The number of nitrogens with zero attached hydrogens (tertiary/aromatic N) is 3. The van der Waals surface area contributed by atoms with Gasteiger partial charge in [-0.2, -0.15) is 13.2 Å². The van der Waals surface area contributed by atoms with Crippen LogP contribution >= 0.6 is 0 Å². The number of amides is 1. The molecular weight excluding hydrogens is 403 g/mol. The van der Waals surface area contributed by atoms with Crippen LogP contribution in [0.4, 0.5) is 19.0 Å². The summed E-state index contributed by atoms with van der Waals surface area (Å²) >= 11 is 0. The average Bonchev–Trinajstić information content (AvgIpc) is 2.76. The predicted molar refractivity (Wildman–Crippen MR) is 103 cm³/mol. The van der Waals surface area contributed by atoms with Gasteiger partial charge in [-0.05, 0) is 30.3 Å². The number of hydrogen-bond donors (Lipinski definition) is 1. The van der Waals surface area contributed by atoms with E-state index in [4.69, 9.17) is 14.6 Å². The number of rotatable bonds is 6. The Morgan fingerprint density at radius 3 is 2.43 bits per heavy atom. The van der Waals surface area contributed by atoms with Gasteiger partial charge in [0.15, 0.2) is 11.5 Å². The zero-order valence-corrected chi connectivity index (χ0v) is 16.4. The molecule has 0 bridgehead atoms. The van der Waals surface area contributed by atoms with Crippen LogP contribution in [-0.2, 0) is 6.18 Å². The Kier molecular flexibility index (Phi) is 6.66. The summed E-state index contributed by atoms with van der Waals surface area (Å²) in [7, 11) is 1.48. The molecule has 30 heavy (non-hydrogen) atoms. The smallest absolute Gasteiger partial charge is 0.417 e. The molecular formula is C20H22F3N3O4. The number of halogens is 3. The van der Waals surface area contributed by atoms with Crippen molar-refractivity contribution in [2.45, 2.75) is 6.18 Å². The van der Waals surface area contributed by atoms with Crippen LogP contribution in [0.2, 0.25) is 0 Å². The Labute approximate surface area is 171 Å². The number of piperazine rings is 1. The highest BCUT2D eigenvalue weighted by Gasteiger charge is 2.31. The number of ether oxygens (including phenoxy) is 2. The van der Waals surface area contributed by atoms with E-state index in [1.165, 1.54) is 13.2 Å². The molecule has 1 aliphatic heterocycles. The highest BCUT2D eigenvalue weighted by molar-refractivity contribution is 5.95. The summed E-state index contributed by atoms with van der Waals surface area (Å²) in [6.07, 6.45) is -3.60. The van der Waals surface area contributed by atoms with Crippen molar-refractivity contribution < 1.29 is 32.5 Å². The molecule has 1 aromatic heterocycles. The van der Waals surface area contributed by atoms with Crippen molar-refractivity contribution in [2.75, 3.05) is 51.4 Å². The highest BCUT2D eigenvalue weighted by Crippen LogP contribution is 2.30. The van der Waals surface area contributed by atoms with Gasteiger partial charge in [0.2, 0.25) is 0 Å². The van der Waals surface area contributed by atoms with Crippen LogP contribution in [-0.4, -0.2) is 67.4 Å². The molecule has 1 aromatic carbocycles. The van der Waals surface area contributed by atoms with Crippen LogP contribution < -0.4 is 14.4 Å².